The second-order valence-corrected chi connectivity index (χ2v) is 5.81. The number of benzene rings is 1. The molecule has 1 aliphatic rings. The molecule has 0 saturated carbocycles. The van der Waals surface area contributed by atoms with E-state index in [9.17, 15) is 4.79 Å². The van der Waals surface area contributed by atoms with Crippen molar-refractivity contribution in [3.8, 4) is 5.75 Å². The van der Waals surface area contributed by atoms with Gasteiger partial charge in [0.05, 0.1) is 0 Å². The Hall–Kier alpha value is -1.07. The van der Waals surface area contributed by atoms with Gasteiger partial charge in [0.1, 0.15) is 5.75 Å². The van der Waals surface area contributed by atoms with E-state index in [0.717, 1.165) is 24.0 Å². The zero-order chi connectivity index (χ0) is 13.7. The first-order valence-electron chi connectivity index (χ1n) is 6.53. The van der Waals surface area contributed by atoms with E-state index < -0.39 is 0 Å². The molecule has 5 heteroatoms. The Bertz CT molecular complexity index is 439. The lowest BCUT2D eigenvalue weighted by atomic mass is 9.95. The first-order chi connectivity index (χ1) is 9.15. The summed E-state index contributed by atoms with van der Waals surface area (Å²) in [6, 6.07) is 7.74. The number of piperidine rings is 1. The van der Waals surface area contributed by atoms with Crippen LogP contribution in [0, 0.1) is 5.92 Å². The van der Waals surface area contributed by atoms with Crippen LogP contribution in [0.3, 0.4) is 0 Å². The van der Waals surface area contributed by atoms with Gasteiger partial charge < -0.3 is 15.4 Å². The lowest BCUT2D eigenvalue weighted by molar-refractivity contribution is -0.124. The third kappa shape index (κ3) is 4.51. The highest BCUT2D eigenvalue weighted by Crippen LogP contribution is 2.17. The summed E-state index contributed by atoms with van der Waals surface area (Å²) >= 11 is 3.37. The lowest BCUT2D eigenvalue weighted by Gasteiger charge is -2.30. The fraction of sp³-hybridized carbons (Fsp3) is 0.500. The molecule has 0 spiro atoms. The number of hydrogen-bond acceptors (Lipinski definition) is 3. The molecule has 1 saturated heterocycles. The van der Waals surface area contributed by atoms with Crippen molar-refractivity contribution >= 4 is 21.8 Å². The van der Waals surface area contributed by atoms with Crippen molar-refractivity contribution in [2.75, 3.05) is 19.7 Å². The molecule has 1 aromatic carbocycles. The van der Waals surface area contributed by atoms with Crippen LogP contribution >= 0.6 is 15.9 Å². The van der Waals surface area contributed by atoms with Crippen LogP contribution in [-0.4, -0.2) is 31.6 Å². The van der Waals surface area contributed by atoms with Crippen molar-refractivity contribution in [2.24, 2.45) is 5.92 Å². The summed E-state index contributed by atoms with van der Waals surface area (Å²) in [7, 11) is 0. The molecule has 0 bridgehead atoms. The zero-order valence-electron chi connectivity index (χ0n) is 11.0. The molecule has 2 rings (SSSR count). The van der Waals surface area contributed by atoms with Gasteiger partial charge in [-0.2, -0.15) is 0 Å². The summed E-state index contributed by atoms with van der Waals surface area (Å²) in [4.78, 5) is 11.8. The van der Waals surface area contributed by atoms with E-state index >= 15 is 0 Å². The van der Waals surface area contributed by atoms with Gasteiger partial charge in [-0.1, -0.05) is 28.9 Å². The maximum absolute atomic E-state index is 11.8. The van der Waals surface area contributed by atoms with Crippen LogP contribution in [0.2, 0.25) is 0 Å². The summed E-state index contributed by atoms with van der Waals surface area (Å²) in [5.41, 5.74) is 0. The van der Waals surface area contributed by atoms with Crippen LogP contribution in [0.1, 0.15) is 13.3 Å². The smallest absolute Gasteiger partial charge is 0.258 e. The Morgan fingerprint density at radius 3 is 3.16 bits per heavy atom. The highest BCUT2D eigenvalue weighted by atomic mass is 79.9. The van der Waals surface area contributed by atoms with Gasteiger partial charge in [-0.15, -0.1) is 0 Å². The summed E-state index contributed by atoms with van der Waals surface area (Å²) < 4.78 is 6.41. The standard InChI is InChI=1S/C14H19BrN2O2/c1-10-8-16-6-5-13(10)17-14(18)9-19-12-4-2-3-11(15)7-12/h2-4,7,10,13,16H,5-6,8-9H2,1H3,(H,17,18). The van der Waals surface area contributed by atoms with E-state index in [-0.39, 0.29) is 18.6 Å². The minimum atomic E-state index is -0.0567. The summed E-state index contributed by atoms with van der Waals surface area (Å²) in [5.74, 6) is 1.10. The molecular formula is C14H19BrN2O2. The van der Waals surface area contributed by atoms with Crippen molar-refractivity contribution < 1.29 is 9.53 Å². The molecule has 4 nitrogen and oxygen atoms in total. The second-order valence-electron chi connectivity index (χ2n) is 4.89. The van der Waals surface area contributed by atoms with Crippen molar-refractivity contribution in [1.29, 1.82) is 0 Å². The average molecular weight is 327 g/mol. The molecule has 1 fully saturated rings. The molecule has 0 aliphatic carbocycles. The summed E-state index contributed by atoms with van der Waals surface area (Å²) in [5, 5.41) is 6.35. The molecule has 1 heterocycles. The molecular weight excluding hydrogens is 308 g/mol. The van der Waals surface area contributed by atoms with E-state index in [1.165, 1.54) is 0 Å². The number of rotatable bonds is 4. The van der Waals surface area contributed by atoms with E-state index in [0.29, 0.717) is 11.7 Å². The summed E-state index contributed by atoms with van der Waals surface area (Å²) in [6.45, 7) is 4.12. The first-order valence-corrected chi connectivity index (χ1v) is 7.33. The number of nitrogens with one attached hydrogen (secondary N) is 2. The van der Waals surface area contributed by atoms with Crippen LogP contribution in [0.15, 0.2) is 28.7 Å². The predicted octanol–water partition coefficient (Wildman–Crippen LogP) is 1.94. The second kappa shape index (κ2) is 6.91. The molecule has 19 heavy (non-hydrogen) atoms. The van der Waals surface area contributed by atoms with Crippen LogP contribution in [0.5, 0.6) is 5.75 Å². The van der Waals surface area contributed by atoms with Crippen molar-refractivity contribution in [3.05, 3.63) is 28.7 Å². The monoisotopic (exact) mass is 326 g/mol. The van der Waals surface area contributed by atoms with Crippen LogP contribution < -0.4 is 15.4 Å². The maximum atomic E-state index is 11.8. The SMILES string of the molecule is CC1CNCCC1NC(=O)COc1cccc(Br)c1. The molecule has 1 aromatic rings. The quantitative estimate of drug-likeness (QED) is 0.889. The minimum absolute atomic E-state index is 0.0567. The number of carbonyl (C=O) groups excluding carboxylic acids is 1. The van der Waals surface area contributed by atoms with Gasteiger partial charge in [-0.05, 0) is 43.6 Å². The Labute approximate surface area is 122 Å². The number of halogens is 1. The van der Waals surface area contributed by atoms with Gasteiger partial charge in [-0.25, -0.2) is 0 Å². The molecule has 2 unspecified atom stereocenters. The Morgan fingerprint density at radius 1 is 1.58 bits per heavy atom. The number of carbonyl (C=O) groups is 1. The first kappa shape index (κ1) is 14.3. The van der Waals surface area contributed by atoms with Crippen molar-refractivity contribution in [2.45, 2.75) is 19.4 Å². The van der Waals surface area contributed by atoms with E-state index in [1.807, 2.05) is 24.3 Å². The van der Waals surface area contributed by atoms with Crippen molar-refractivity contribution in [1.82, 2.24) is 10.6 Å². The van der Waals surface area contributed by atoms with Crippen LogP contribution in [-0.2, 0) is 4.79 Å². The number of amides is 1. The third-order valence-electron chi connectivity index (χ3n) is 3.30. The van der Waals surface area contributed by atoms with Crippen LogP contribution in [0.4, 0.5) is 0 Å². The topological polar surface area (TPSA) is 50.4 Å². The Morgan fingerprint density at radius 2 is 2.42 bits per heavy atom. The fourth-order valence-corrected chi connectivity index (χ4v) is 2.56. The minimum Gasteiger partial charge on any atom is -0.484 e. The summed E-state index contributed by atoms with van der Waals surface area (Å²) in [6.07, 6.45) is 0.976. The Kier molecular flexibility index (Phi) is 5.22. The molecule has 1 aliphatic heterocycles. The van der Waals surface area contributed by atoms with E-state index in [2.05, 4.69) is 33.5 Å². The molecule has 0 radical (unpaired) electrons. The van der Waals surface area contributed by atoms with Gasteiger partial charge in [0.25, 0.3) is 5.91 Å². The van der Waals surface area contributed by atoms with Gasteiger partial charge >= 0.3 is 0 Å². The zero-order valence-corrected chi connectivity index (χ0v) is 12.6. The highest BCUT2D eigenvalue weighted by molar-refractivity contribution is 9.10. The van der Waals surface area contributed by atoms with E-state index in [1.54, 1.807) is 0 Å². The molecule has 0 aromatic heterocycles. The molecule has 1 amide bonds. The number of hydrogen-bond donors (Lipinski definition) is 2. The average Bonchev–Trinajstić information content (AvgIpc) is 2.39. The van der Waals surface area contributed by atoms with Gasteiger partial charge in [0.15, 0.2) is 6.61 Å². The van der Waals surface area contributed by atoms with Gasteiger partial charge in [0.2, 0.25) is 0 Å². The molecule has 2 atom stereocenters. The molecule has 2 N–H and O–H groups in total. The fourth-order valence-electron chi connectivity index (χ4n) is 2.18. The van der Waals surface area contributed by atoms with Crippen molar-refractivity contribution in [3.63, 3.8) is 0 Å². The largest absolute Gasteiger partial charge is 0.484 e. The molecule has 104 valence electrons. The maximum Gasteiger partial charge on any atom is 0.258 e. The van der Waals surface area contributed by atoms with Gasteiger partial charge in [0, 0.05) is 10.5 Å². The van der Waals surface area contributed by atoms with Crippen LogP contribution in [0.25, 0.3) is 0 Å². The predicted molar refractivity (Wildman–Crippen MR) is 78.2 cm³/mol. The highest BCUT2D eigenvalue weighted by Gasteiger charge is 2.22. The normalized spacial score (nSPS) is 22.8. The number of ether oxygens (including phenoxy) is 1. The Balaban J connectivity index is 1.78. The van der Waals surface area contributed by atoms with Gasteiger partial charge in [-0.3, -0.25) is 4.79 Å². The lowest BCUT2D eigenvalue weighted by Crippen LogP contribution is -2.49. The van der Waals surface area contributed by atoms with E-state index in [4.69, 9.17) is 4.74 Å². The third-order valence-corrected chi connectivity index (χ3v) is 3.79.